The number of hydrogen-bond donors (Lipinski definition) is 0. The average molecular weight is 723 g/mol. The van der Waals surface area contributed by atoms with Crippen molar-refractivity contribution in [2.24, 2.45) is 5.92 Å². The molecule has 1 atom stereocenters. The van der Waals surface area contributed by atoms with Crippen LogP contribution in [-0.2, 0) is 32.1 Å². The predicted octanol–water partition coefficient (Wildman–Crippen LogP) is 5.34. The van der Waals surface area contributed by atoms with Gasteiger partial charge >= 0.3 is 267 Å². The van der Waals surface area contributed by atoms with Gasteiger partial charge in [0.1, 0.15) is 0 Å². The second kappa shape index (κ2) is 13.4. The molecule has 1 unspecified atom stereocenters. The Balaban J connectivity index is 0.00000264. The largest absolute Gasteiger partial charge is 1.00 e. The fourth-order valence-electron chi connectivity index (χ4n) is 7.38. The van der Waals surface area contributed by atoms with E-state index in [1.54, 1.807) is 25.1 Å². The molecule has 0 heterocycles. The van der Waals surface area contributed by atoms with Gasteiger partial charge in [0.2, 0.25) is 0 Å². The molecule has 3 aromatic rings. The number of benzene rings is 3. The Labute approximate surface area is 289 Å². The van der Waals surface area contributed by atoms with Crippen molar-refractivity contribution in [3.63, 3.8) is 0 Å². The number of halogens is 2. The van der Waals surface area contributed by atoms with Crippen molar-refractivity contribution in [2.75, 3.05) is 0 Å². The summed E-state index contributed by atoms with van der Waals surface area (Å²) in [6.45, 7) is 29.1. The maximum absolute atomic E-state index is 2.68. The first-order chi connectivity index (χ1) is 19.5. The summed E-state index contributed by atoms with van der Waals surface area (Å²) in [6.07, 6.45) is 3.81. The van der Waals surface area contributed by atoms with E-state index in [1.807, 2.05) is 3.28 Å². The molecule has 0 radical (unpaired) electrons. The van der Waals surface area contributed by atoms with Gasteiger partial charge in [-0.1, -0.05) is 0 Å². The van der Waals surface area contributed by atoms with Crippen LogP contribution in [0, 0.1) is 5.92 Å². The van der Waals surface area contributed by atoms with E-state index >= 15 is 0 Å². The Morgan fingerprint density at radius 2 is 1.23 bits per heavy atom. The van der Waals surface area contributed by atoms with E-state index in [0.29, 0.717) is 9.54 Å². The molecule has 44 heavy (non-hydrogen) atoms. The maximum Gasteiger partial charge on any atom is -1.00 e. The van der Waals surface area contributed by atoms with Gasteiger partial charge in [0, 0.05) is 0 Å². The molecule has 0 fully saturated rings. The zero-order chi connectivity index (χ0) is 30.8. The van der Waals surface area contributed by atoms with Crippen LogP contribution in [-0.4, -0.2) is 11.3 Å². The molecule has 0 saturated heterocycles. The van der Waals surface area contributed by atoms with Crippen LogP contribution in [0.2, 0.25) is 19.6 Å². The molecule has 0 amide bonds. The van der Waals surface area contributed by atoms with E-state index in [9.17, 15) is 0 Å². The molecule has 0 spiro atoms. The quantitative estimate of drug-likeness (QED) is 0.313. The van der Waals surface area contributed by atoms with Crippen molar-refractivity contribution in [3.05, 3.63) is 115 Å². The van der Waals surface area contributed by atoms with Gasteiger partial charge in [-0.15, -0.1) is 0 Å². The Morgan fingerprint density at radius 1 is 0.750 bits per heavy atom. The summed E-state index contributed by atoms with van der Waals surface area (Å²) in [5, 5.41) is 1.70. The van der Waals surface area contributed by atoms with Crippen molar-refractivity contribution >= 4 is 11.3 Å². The van der Waals surface area contributed by atoms with E-state index in [0.717, 1.165) is 6.42 Å². The molecule has 234 valence electrons. The van der Waals surface area contributed by atoms with Gasteiger partial charge in [0.15, 0.2) is 0 Å². The second-order valence-corrected chi connectivity index (χ2v) is 27.1. The van der Waals surface area contributed by atoms with Crippen LogP contribution in [0.15, 0.2) is 86.9 Å². The number of rotatable bonds is 5. The third-order valence-corrected chi connectivity index (χ3v) is 21.4. The molecule has 0 aromatic heterocycles. The summed E-state index contributed by atoms with van der Waals surface area (Å²) in [5.41, 5.74) is 12.4. The van der Waals surface area contributed by atoms with Crippen molar-refractivity contribution < 1.29 is 46.1 Å². The fourth-order valence-corrected chi connectivity index (χ4v) is 19.7. The van der Waals surface area contributed by atoms with Gasteiger partial charge in [-0.25, -0.2) is 0 Å². The second-order valence-electron chi connectivity index (χ2n) is 15.8. The third kappa shape index (κ3) is 6.86. The smallest absolute Gasteiger partial charge is 1.00 e. The summed E-state index contributed by atoms with van der Waals surface area (Å²) in [5.74, 6) is 0.529. The number of allylic oxidation sites excluding steroid dienone is 4. The maximum atomic E-state index is 2.68. The van der Waals surface area contributed by atoms with Crippen LogP contribution >= 0.6 is 0 Å². The summed E-state index contributed by atoms with van der Waals surface area (Å²) >= 11 is -2.58. The topological polar surface area (TPSA) is 0 Å². The Morgan fingerprint density at radius 3 is 1.61 bits per heavy atom. The molecule has 3 aromatic carbocycles. The van der Waals surface area contributed by atoms with Crippen LogP contribution in [0.25, 0.3) is 11.1 Å². The van der Waals surface area contributed by atoms with Crippen LogP contribution in [0.3, 0.4) is 0 Å². The molecule has 5 rings (SSSR count). The van der Waals surface area contributed by atoms with Crippen LogP contribution in [0.1, 0.15) is 100 Å². The van der Waals surface area contributed by atoms with Crippen molar-refractivity contribution in [1.82, 2.24) is 0 Å². The zero-order valence-corrected chi connectivity index (χ0v) is 34.0. The molecule has 0 saturated carbocycles. The van der Waals surface area contributed by atoms with Gasteiger partial charge in [0.25, 0.3) is 0 Å². The van der Waals surface area contributed by atoms with E-state index < -0.39 is 29.3 Å². The van der Waals surface area contributed by atoms with E-state index in [2.05, 4.69) is 155 Å². The van der Waals surface area contributed by atoms with E-state index in [4.69, 9.17) is 0 Å². The van der Waals surface area contributed by atoms with Crippen LogP contribution in [0.4, 0.5) is 0 Å². The number of hydrogen-bond acceptors (Lipinski definition) is 0. The van der Waals surface area contributed by atoms with Crippen molar-refractivity contribution in [2.45, 2.75) is 103 Å². The standard InChI is InChI=1S/C21H25.C10H17Si.C9H10.2ClH.Zr/c1-20(2,3)16-9-7-14-11-15-8-10-17(21(4,5)6)13-19(15)18(14)12-16;1-8-6-9(2)10(7-8)11(3,4)5;1-2-6-9-7-4-3-5-8-9;;;/h7-13H,1-6H3;7-8H,1-5H3;3-5,7-8H,2H2,1H3;2*1H;/q;;;;;+2/p-2. The zero-order valence-electron chi connectivity index (χ0n) is 29.0. The van der Waals surface area contributed by atoms with Gasteiger partial charge < -0.3 is 24.8 Å². The van der Waals surface area contributed by atoms with Crippen LogP contribution in [0.5, 0.6) is 0 Å². The minimum Gasteiger partial charge on any atom is -1.00 e. The first kappa shape index (κ1) is 37.2. The molecular weight excluding hydrogens is 671 g/mol. The Hall–Kier alpha value is -1.31. The van der Waals surface area contributed by atoms with Crippen LogP contribution < -0.4 is 24.8 Å². The molecule has 0 nitrogen and oxygen atoms in total. The molecule has 2 aliphatic carbocycles. The summed E-state index contributed by atoms with van der Waals surface area (Å²) in [6, 6.07) is 26.5. The fraction of sp³-hybridized carbons (Fsp3) is 0.425. The van der Waals surface area contributed by atoms with Crippen molar-refractivity contribution in [3.8, 4) is 11.1 Å². The van der Waals surface area contributed by atoms with Gasteiger partial charge in [0.05, 0.1) is 0 Å². The molecule has 4 heteroatoms. The minimum absolute atomic E-state index is 0. The first-order valence-electron chi connectivity index (χ1n) is 16.1. The van der Waals surface area contributed by atoms with E-state index in [-0.39, 0.29) is 35.6 Å². The minimum atomic E-state index is -2.58. The number of fused-ring (bicyclic) bond motifs is 3. The summed E-state index contributed by atoms with van der Waals surface area (Å²) < 4.78 is 4.12. The average Bonchev–Trinajstić information content (AvgIpc) is 3.39. The molecule has 0 bridgehead atoms. The first-order valence-corrected chi connectivity index (χ1v) is 23.4. The third-order valence-electron chi connectivity index (χ3n) is 9.62. The molecule has 0 aliphatic heterocycles. The van der Waals surface area contributed by atoms with Gasteiger partial charge in [-0.2, -0.15) is 0 Å². The van der Waals surface area contributed by atoms with Gasteiger partial charge in [-0.3, -0.25) is 0 Å². The van der Waals surface area contributed by atoms with E-state index in [1.165, 1.54) is 27.8 Å². The molecule has 2 aliphatic rings. The molecular formula is C40H52Cl2SiZr. The Bertz CT molecular complexity index is 1560. The Kier molecular flexibility index (Phi) is 11.3. The molecule has 0 N–H and O–H groups in total. The summed E-state index contributed by atoms with van der Waals surface area (Å²) in [7, 11) is -1.46. The summed E-state index contributed by atoms with van der Waals surface area (Å²) in [4.78, 5) is 0. The SMILES string of the molecule is CC/[C](c1ccccc1)=[Zr+2](\[C]1=C(C)C([Si](C)(C)C)=CC1C)[CH]1c2ccc(C(C)(C)C)cc2-c2cc(C(C)(C)C)ccc21.[Cl-].[Cl-]. The normalized spacial score (nSPS) is 17.0. The monoisotopic (exact) mass is 720 g/mol. The van der Waals surface area contributed by atoms with Gasteiger partial charge in [-0.05, 0) is 0 Å². The predicted molar refractivity (Wildman–Crippen MR) is 185 cm³/mol. The van der Waals surface area contributed by atoms with Crippen molar-refractivity contribution in [1.29, 1.82) is 0 Å².